The first-order valence-electron chi connectivity index (χ1n) is 6.85. The fraction of sp³-hybridized carbons (Fsp3) is 0.600. The number of hydrogen-bond acceptors (Lipinski definition) is 3. The molecule has 0 spiro atoms. The van der Waals surface area contributed by atoms with Crippen LogP contribution in [0, 0.1) is 0 Å². The van der Waals surface area contributed by atoms with Crippen molar-refractivity contribution in [2.24, 2.45) is 0 Å². The number of hydrogen-bond donors (Lipinski definition) is 1. The van der Waals surface area contributed by atoms with Crippen LogP contribution in [0.2, 0.25) is 0 Å². The van der Waals surface area contributed by atoms with E-state index in [4.69, 9.17) is 4.74 Å². The topological polar surface area (TPSA) is 24.5 Å². The molecule has 0 aliphatic carbocycles. The van der Waals surface area contributed by atoms with Gasteiger partial charge < -0.3 is 15.0 Å². The van der Waals surface area contributed by atoms with Gasteiger partial charge >= 0.3 is 0 Å². The molecular formula is C15H25BrN2O. The Labute approximate surface area is 125 Å². The number of nitrogens with zero attached hydrogens (tertiary/aromatic N) is 1. The Balaban J connectivity index is 2.49. The summed E-state index contributed by atoms with van der Waals surface area (Å²) in [6, 6.07) is 8.96. The molecule has 1 N–H and O–H groups in total. The van der Waals surface area contributed by atoms with Gasteiger partial charge in [-0.05, 0) is 37.7 Å². The molecule has 19 heavy (non-hydrogen) atoms. The largest absolute Gasteiger partial charge is 0.383 e. The summed E-state index contributed by atoms with van der Waals surface area (Å²) in [7, 11) is 3.78. The zero-order chi connectivity index (χ0) is 14.1. The van der Waals surface area contributed by atoms with E-state index in [0.29, 0.717) is 6.04 Å². The summed E-state index contributed by atoms with van der Waals surface area (Å²) in [5.41, 5.74) is 1.34. The average Bonchev–Trinajstić information content (AvgIpc) is 2.44. The molecule has 1 unspecified atom stereocenters. The van der Waals surface area contributed by atoms with E-state index < -0.39 is 0 Å². The molecule has 0 bridgehead atoms. The lowest BCUT2D eigenvalue weighted by molar-refractivity contribution is 0.148. The van der Waals surface area contributed by atoms with Gasteiger partial charge in [-0.1, -0.05) is 35.0 Å². The summed E-state index contributed by atoms with van der Waals surface area (Å²) < 4.78 is 6.27. The highest BCUT2D eigenvalue weighted by molar-refractivity contribution is 9.10. The maximum Gasteiger partial charge on any atom is 0.0589 e. The lowest BCUT2D eigenvalue weighted by Crippen LogP contribution is -2.31. The molecule has 0 fully saturated rings. The number of methoxy groups -OCH3 is 1. The molecule has 0 heterocycles. The number of nitrogens with one attached hydrogen (secondary N) is 1. The fourth-order valence-electron chi connectivity index (χ4n) is 2.13. The molecule has 0 aromatic heterocycles. The van der Waals surface area contributed by atoms with E-state index in [0.717, 1.165) is 37.1 Å². The summed E-state index contributed by atoms with van der Waals surface area (Å²) in [6.07, 6.45) is 1.11. The molecule has 0 saturated carbocycles. The SMILES string of the molecule is CCN(CCOC)CCC(NC)c1ccc(Br)cc1. The van der Waals surface area contributed by atoms with Crippen molar-refractivity contribution < 1.29 is 4.74 Å². The summed E-state index contributed by atoms with van der Waals surface area (Å²) in [5, 5.41) is 3.40. The second-order valence-corrected chi connectivity index (χ2v) is 5.52. The maximum absolute atomic E-state index is 5.14. The van der Waals surface area contributed by atoms with Crippen molar-refractivity contribution >= 4 is 15.9 Å². The van der Waals surface area contributed by atoms with E-state index in [-0.39, 0.29) is 0 Å². The van der Waals surface area contributed by atoms with Crippen LogP contribution in [0.15, 0.2) is 28.7 Å². The predicted octanol–water partition coefficient (Wildman–Crippen LogP) is 3.07. The minimum Gasteiger partial charge on any atom is -0.383 e. The third kappa shape index (κ3) is 6.04. The van der Waals surface area contributed by atoms with Crippen molar-refractivity contribution in [2.45, 2.75) is 19.4 Å². The molecule has 0 aliphatic rings. The van der Waals surface area contributed by atoms with Gasteiger partial charge in [-0.15, -0.1) is 0 Å². The number of benzene rings is 1. The highest BCUT2D eigenvalue weighted by Crippen LogP contribution is 2.19. The Morgan fingerprint density at radius 3 is 2.47 bits per heavy atom. The zero-order valence-corrected chi connectivity index (χ0v) is 13.7. The van der Waals surface area contributed by atoms with Crippen LogP contribution in [0.1, 0.15) is 24.9 Å². The normalized spacial score (nSPS) is 12.9. The average molecular weight is 329 g/mol. The van der Waals surface area contributed by atoms with Gasteiger partial charge in [-0.3, -0.25) is 0 Å². The molecule has 1 rings (SSSR count). The smallest absolute Gasteiger partial charge is 0.0589 e. The summed E-state index contributed by atoms with van der Waals surface area (Å²) in [6.45, 7) is 6.16. The van der Waals surface area contributed by atoms with Crippen LogP contribution in [0.25, 0.3) is 0 Å². The minimum atomic E-state index is 0.407. The van der Waals surface area contributed by atoms with E-state index in [1.54, 1.807) is 7.11 Å². The number of ether oxygens (including phenoxy) is 1. The maximum atomic E-state index is 5.14. The van der Waals surface area contributed by atoms with Gasteiger partial charge in [0.05, 0.1) is 6.61 Å². The van der Waals surface area contributed by atoms with Crippen molar-refractivity contribution in [3.8, 4) is 0 Å². The van der Waals surface area contributed by atoms with Crippen LogP contribution in [0.3, 0.4) is 0 Å². The summed E-state index contributed by atoms with van der Waals surface area (Å²) in [4.78, 5) is 2.42. The number of rotatable bonds is 9. The fourth-order valence-corrected chi connectivity index (χ4v) is 2.40. The molecule has 3 nitrogen and oxygen atoms in total. The predicted molar refractivity (Wildman–Crippen MR) is 84.5 cm³/mol. The van der Waals surface area contributed by atoms with E-state index in [9.17, 15) is 0 Å². The summed E-state index contributed by atoms with van der Waals surface area (Å²) >= 11 is 3.48. The molecule has 4 heteroatoms. The second-order valence-electron chi connectivity index (χ2n) is 4.61. The minimum absolute atomic E-state index is 0.407. The van der Waals surface area contributed by atoms with Crippen LogP contribution in [0.5, 0.6) is 0 Å². The Kier molecular flexibility index (Phi) is 8.30. The van der Waals surface area contributed by atoms with E-state index in [1.807, 2.05) is 7.05 Å². The third-order valence-electron chi connectivity index (χ3n) is 3.41. The molecule has 0 saturated heterocycles. The van der Waals surface area contributed by atoms with Crippen molar-refractivity contribution in [3.05, 3.63) is 34.3 Å². The van der Waals surface area contributed by atoms with E-state index >= 15 is 0 Å². The lowest BCUT2D eigenvalue weighted by Gasteiger charge is -2.24. The van der Waals surface area contributed by atoms with E-state index in [1.165, 1.54) is 5.56 Å². The standard InChI is InChI=1S/C15H25BrN2O/c1-4-18(11-12-19-3)10-9-15(17-2)13-5-7-14(16)8-6-13/h5-8,15,17H,4,9-12H2,1-3H3. The van der Waals surface area contributed by atoms with Gasteiger partial charge in [0, 0.05) is 30.7 Å². The highest BCUT2D eigenvalue weighted by atomic mass is 79.9. The third-order valence-corrected chi connectivity index (χ3v) is 3.94. The quantitative estimate of drug-likeness (QED) is 0.754. The molecule has 1 aromatic rings. The van der Waals surface area contributed by atoms with Crippen LogP contribution in [-0.4, -0.2) is 45.3 Å². The number of likely N-dealkylation sites (N-methyl/N-ethyl adjacent to an activating group) is 1. The van der Waals surface area contributed by atoms with Crippen LogP contribution < -0.4 is 5.32 Å². The first-order chi connectivity index (χ1) is 9.21. The van der Waals surface area contributed by atoms with Crippen LogP contribution in [-0.2, 0) is 4.74 Å². The zero-order valence-electron chi connectivity index (χ0n) is 12.2. The van der Waals surface area contributed by atoms with Gasteiger partial charge in [-0.25, -0.2) is 0 Å². The molecule has 0 amide bonds. The molecule has 108 valence electrons. The van der Waals surface area contributed by atoms with Crippen LogP contribution >= 0.6 is 15.9 Å². The summed E-state index contributed by atoms with van der Waals surface area (Å²) in [5.74, 6) is 0. The molecular weight excluding hydrogens is 304 g/mol. The Morgan fingerprint density at radius 1 is 1.26 bits per heavy atom. The van der Waals surface area contributed by atoms with Gasteiger partial charge in [0.2, 0.25) is 0 Å². The first-order valence-corrected chi connectivity index (χ1v) is 7.64. The first kappa shape index (κ1) is 16.6. The van der Waals surface area contributed by atoms with Crippen molar-refractivity contribution in [1.29, 1.82) is 0 Å². The van der Waals surface area contributed by atoms with Gasteiger partial charge in [0.25, 0.3) is 0 Å². The van der Waals surface area contributed by atoms with Gasteiger partial charge in [0.15, 0.2) is 0 Å². The van der Waals surface area contributed by atoms with Crippen molar-refractivity contribution in [2.75, 3.05) is 40.4 Å². The molecule has 1 atom stereocenters. The molecule has 1 aromatic carbocycles. The van der Waals surface area contributed by atoms with Crippen molar-refractivity contribution in [3.63, 3.8) is 0 Å². The molecule has 0 aliphatic heterocycles. The van der Waals surface area contributed by atoms with Crippen molar-refractivity contribution in [1.82, 2.24) is 10.2 Å². The molecule has 0 radical (unpaired) electrons. The monoisotopic (exact) mass is 328 g/mol. The highest BCUT2D eigenvalue weighted by Gasteiger charge is 2.11. The van der Waals surface area contributed by atoms with Crippen LogP contribution in [0.4, 0.5) is 0 Å². The van der Waals surface area contributed by atoms with E-state index in [2.05, 4.69) is 57.3 Å². The Morgan fingerprint density at radius 2 is 1.95 bits per heavy atom. The lowest BCUT2D eigenvalue weighted by atomic mass is 10.0. The second kappa shape index (κ2) is 9.48. The number of halogens is 1. The van der Waals surface area contributed by atoms with Gasteiger partial charge in [0.1, 0.15) is 0 Å². The Bertz CT molecular complexity index is 343. The van der Waals surface area contributed by atoms with Gasteiger partial charge in [-0.2, -0.15) is 0 Å². The Hall–Kier alpha value is -0.420.